The molecule has 2 amide bonds. The summed E-state index contributed by atoms with van der Waals surface area (Å²) in [6, 6.07) is 12.7. The van der Waals surface area contributed by atoms with Gasteiger partial charge in [0.2, 0.25) is 5.91 Å². The van der Waals surface area contributed by atoms with Crippen LogP contribution in [-0.2, 0) is 10.2 Å². The molecule has 1 spiro atoms. The van der Waals surface area contributed by atoms with E-state index in [1.54, 1.807) is 31.3 Å². The normalized spacial score (nSPS) is 20.8. The Hall–Kier alpha value is -3.02. The third-order valence-corrected chi connectivity index (χ3v) is 5.32. The molecule has 0 bridgehead atoms. The molecule has 1 unspecified atom stereocenters. The lowest BCUT2D eigenvalue weighted by Crippen LogP contribution is -2.39. The van der Waals surface area contributed by atoms with Gasteiger partial charge < -0.3 is 19.7 Å². The molecular formula is C20H20N2O4. The predicted molar refractivity (Wildman–Crippen MR) is 96.8 cm³/mol. The number of ether oxygens (including phenoxy) is 2. The first-order chi connectivity index (χ1) is 12.6. The van der Waals surface area contributed by atoms with Crippen molar-refractivity contribution in [2.24, 2.45) is 0 Å². The quantitative estimate of drug-likeness (QED) is 0.921. The molecule has 4 rings (SSSR count). The molecule has 1 atom stereocenters. The number of hydrogen-bond donors (Lipinski definition) is 1. The highest BCUT2D eigenvalue weighted by Gasteiger charge is 2.52. The van der Waals surface area contributed by atoms with Crippen LogP contribution in [0.2, 0.25) is 0 Å². The number of rotatable bonds is 3. The van der Waals surface area contributed by atoms with Crippen LogP contribution in [0.25, 0.3) is 0 Å². The highest BCUT2D eigenvalue weighted by atomic mass is 16.5. The predicted octanol–water partition coefficient (Wildman–Crippen LogP) is 2.44. The highest BCUT2D eigenvalue weighted by molar-refractivity contribution is 6.08. The van der Waals surface area contributed by atoms with Crippen LogP contribution in [0.5, 0.6) is 11.5 Å². The number of carbonyl (C=O) groups excluding carboxylic acids is 2. The maximum atomic E-state index is 13.0. The summed E-state index contributed by atoms with van der Waals surface area (Å²) in [4.78, 5) is 27.5. The maximum Gasteiger partial charge on any atom is 0.257 e. The summed E-state index contributed by atoms with van der Waals surface area (Å²) in [5.41, 5.74) is 1.48. The summed E-state index contributed by atoms with van der Waals surface area (Å²) in [6.45, 7) is 0.858. The summed E-state index contributed by atoms with van der Waals surface area (Å²) in [5.74, 6) is 1.06. The number of anilines is 1. The number of amides is 2. The number of nitrogens with zero attached hydrogens (tertiary/aromatic N) is 1. The van der Waals surface area contributed by atoms with Crippen molar-refractivity contribution in [3.05, 3.63) is 53.6 Å². The van der Waals surface area contributed by atoms with Gasteiger partial charge in [-0.3, -0.25) is 9.59 Å². The number of hydrogen-bond acceptors (Lipinski definition) is 4. The average Bonchev–Trinajstić information content (AvgIpc) is 3.24. The second-order valence-corrected chi connectivity index (χ2v) is 6.62. The standard InChI is InChI=1S/C20H20N2O4/c1-25-13-7-8-16-15(11-13)20(19(24)21-16)9-10-22(12-20)18(23)14-5-3-4-6-17(14)26-2/h3-8,11H,9-10,12H2,1-2H3,(H,21,24). The molecule has 134 valence electrons. The van der Waals surface area contributed by atoms with Gasteiger partial charge in [0, 0.05) is 18.8 Å². The third kappa shape index (κ3) is 2.33. The Morgan fingerprint density at radius 1 is 1.15 bits per heavy atom. The first kappa shape index (κ1) is 16.4. The molecule has 26 heavy (non-hydrogen) atoms. The number of nitrogens with one attached hydrogen (secondary N) is 1. The number of benzene rings is 2. The zero-order valence-corrected chi connectivity index (χ0v) is 14.7. The van der Waals surface area contributed by atoms with Crippen molar-refractivity contribution in [2.75, 3.05) is 32.6 Å². The molecular weight excluding hydrogens is 332 g/mol. The molecule has 0 aromatic heterocycles. The van der Waals surface area contributed by atoms with E-state index < -0.39 is 5.41 Å². The van der Waals surface area contributed by atoms with Crippen molar-refractivity contribution in [1.82, 2.24) is 4.90 Å². The Morgan fingerprint density at radius 3 is 2.73 bits per heavy atom. The zero-order valence-electron chi connectivity index (χ0n) is 14.7. The molecule has 6 nitrogen and oxygen atoms in total. The Labute approximate surface area is 151 Å². The average molecular weight is 352 g/mol. The third-order valence-electron chi connectivity index (χ3n) is 5.32. The van der Waals surface area contributed by atoms with Gasteiger partial charge in [-0.2, -0.15) is 0 Å². The molecule has 1 saturated heterocycles. The summed E-state index contributed by atoms with van der Waals surface area (Å²) in [5, 5.41) is 2.95. The molecule has 1 N–H and O–H groups in total. The number of likely N-dealkylation sites (tertiary alicyclic amines) is 1. The van der Waals surface area contributed by atoms with Crippen LogP contribution >= 0.6 is 0 Å². The van der Waals surface area contributed by atoms with Crippen molar-refractivity contribution in [3.8, 4) is 11.5 Å². The maximum absolute atomic E-state index is 13.0. The Kier molecular flexibility index (Phi) is 3.83. The van der Waals surface area contributed by atoms with E-state index in [2.05, 4.69) is 5.32 Å². The van der Waals surface area contributed by atoms with E-state index in [0.717, 1.165) is 11.3 Å². The number of methoxy groups -OCH3 is 2. The summed E-state index contributed by atoms with van der Waals surface area (Å²) >= 11 is 0. The second-order valence-electron chi connectivity index (χ2n) is 6.62. The van der Waals surface area contributed by atoms with E-state index in [0.29, 0.717) is 36.6 Å². The molecule has 2 aliphatic heterocycles. The van der Waals surface area contributed by atoms with E-state index in [-0.39, 0.29) is 11.8 Å². The Balaban J connectivity index is 1.67. The molecule has 2 heterocycles. The van der Waals surface area contributed by atoms with Gasteiger partial charge in [-0.1, -0.05) is 12.1 Å². The largest absolute Gasteiger partial charge is 0.497 e. The van der Waals surface area contributed by atoms with Crippen molar-refractivity contribution < 1.29 is 19.1 Å². The fourth-order valence-electron chi connectivity index (χ4n) is 3.90. The molecule has 1 fully saturated rings. The molecule has 0 radical (unpaired) electrons. The van der Waals surface area contributed by atoms with Crippen molar-refractivity contribution >= 4 is 17.5 Å². The van der Waals surface area contributed by atoms with Crippen LogP contribution < -0.4 is 14.8 Å². The number of fused-ring (bicyclic) bond motifs is 2. The van der Waals surface area contributed by atoms with Gasteiger partial charge in [0.1, 0.15) is 11.5 Å². The lowest BCUT2D eigenvalue weighted by Gasteiger charge is -2.23. The van der Waals surface area contributed by atoms with E-state index in [4.69, 9.17) is 9.47 Å². The van der Waals surface area contributed by atoms with Crippen molar-refractivity contribution in [1.29, 1.82) is 0 Å². The van der Waals surface area contributed by atoms with Crippen LogP contribution in [0, 0.1) is 0 Å². The molecule has 0 aliphatic carbocycles. The van der Waals surface area contributed by atoms with Gasteiger partial charge >= 0.3 is 0 Å². The molecule has 2 aromatic rings. The van der Waals surface area contributed by atoms with Gasteiger partial charge in [0.15, 0.2) is 0 Å². The Bertz CT molecular complexity index is 895. The van der Waals surface area contributed by atoms with Crippen LogP contribution in [0.3, 0.4) is 0 Å². The first-order valence-electron chi connectivity index (χ1n) is 8.51. The molecule has 0 saturated carbocycles. The minimum atomic E-state index is -0.721. The van der Waals surface area contributed by atoms with E-state index in [9.17, 15) is 9.59 Å². The summed E-state index contributed by atoms with van der Waals surface area (Å²) in [7, 11) is 3.15. The SMILES string of the molecule is COc1ccc2c(c1)C1(CCN(C(=O)c3ccccc3OC)C1)C(=O)N2. The Morgan fingerprint density at radius 2 is 1.96 bits per heavy atom. The van der Waals surface area contributed by atoms with Gasteiger partial charge in [-0.25, -0.2) is 0 Å². The van der Waals surface area contributed by atoms with Crippen LogP contribution in [0.1, 0.15) is 22.3 Å². The van der Waals surface area contributed by atoms with Crippen LogP contribution in [0.4, 0.5) is 5.69 Å². The van der Waals surface area contributed by atoms with E-state index >= 15 is 0 Å². The lowest BCUT2D eigenvalue weighted by atomic mass is 9.81. The molecule has 2 aromatic carbocycles. The van der Waals surface area contributed by atoms with Crippen molar-refractivity contribution in [2.45, 2.75) is 11.8 Å². The van der Waals surface area contributed by atoms with E-state index in [1.165, 1.54) is 0 Å². The van der Waals surface area contributed by atoms with Gasteiger partial charge in [-0.15, -0.1) is 0 Å². The highest BCUT2D eigenvalue weighted by Crippen LogP contribution is 2.45. The first-order valence-corrected chi connectivity index (χ1v) is 8.51. The minimum absolute atomic E-state index is 0.0592. The van der Waals surface area contributed by atoms with Gasteiger partial charge in [0.05, 0.1) is 25.2 Å². The van der Waals surface area contributed by atoms with Gasteiger partial charge in [0.25, 0.3) is 5.91 Å². The molecule has 2 aliphatic rings. The summed E-state index contributed by atoms with van der Waals surface area (Å²) in [6.07, 6.45) is 0.583. The van der Waals surface area contributed by atoms with Crippen LogP contribution in [-0.4, -0.2) is 44.0 Å². The topological polar surface area (TPSA) is 67.9 Å². The fraction of sp³-hybridized carbons (Fsp3) is 0.300. The smallest absolute Gasteiger partial charge is 0.257 e. The summed E-state index contributed by atoms with van der Waals surface area (Å²) < 4.78 is 10.6. The fourth-order valence-corrected chi connectivity index (χ4v) is 3.90. The van der Waals surface area contributed by atoms with Crippen molar-refractivity contribution in [3.63, 3.8) is 0 Å². The van der Waals surface area contributed by atoms with E-state index in [1.807, 2.05) is 30.3 Å². The monoisotopic (exact) mass is 352 g/mol. The van der Waals surface area contributed by atoms with Crippen LogP contribution in [0.15, 0.2) is 42.5 Å². The minimum Gasteiger partial charge on any atom is -0.497 e. The number of carbonyl (C=O) groups is 2. The van der Waals surface area contributed by atoms with Gasteiger partial charge in [-0.05, 0) is 42.3 Å². The number of para-hydroxylation sites is 1. The second kappa shape index (κ2) is 6.05. The lowest BCUT2D eigenvalue weighted by molar-refractivity contribution is -0.120. The molecule has 6 heteroatoms. The zero-order chi connectivity index (χ0) is 18.3.